The molecule has 0 saturated carbocycles. The summed E-state index contributed by atoms with van der Waals surface area (Å²) in [6, 6.07) is 5.37. The second kappa shape index (κ2) is 10.3. The molecule has 2 rings (SSSR count). The Labute approximate surface area is 153 Å². The minimum absolute atomic E-state index is 0. The van der Waals surface area contributed by atoms with Gasteiger partial charge in [-0.2, -0.15) is 0 Å². The van der Waals surface area contributed by atoms with Gasteiger partial charge in [0.25, 0.3) is 11.8 Å². The molecule has 3 N–H and O–H groups in total. The average Bonchev–Trinajstić information content (AvgIpc) is 2.62. The van der Waals surface area contributed by atoms with Crippen LogP contribution < -0.4 is 16.0 Å². The van der Waals surface area contributed by atoms with E-state index in [1.165, 1.54) is 24.3 Å². The molecular weight excluding hydrogens is 349 g/mol. The quantitative estimate of drug-likeness (QED) is 0.628. The number of carbonyl (C=O) groups excluding carboxylic acids is 2. The third kappa shape index (κ3) is 5.95. The van der Waals surface area contributed by atoms with E-state index in [2.05, 4.69) is 16.0 Å². The number of rotatable bonds is 7. The number of hydrogen-bond donors (Lipinski definition) is 3. The summed E-state index contributed by atoms with van der Waals surface area (Å²) in [6.45, 7) is 2.41. The summed E-state index contributed by atoms with van der Waals surface area (Å²) in [6.07, 6.45) is 1.91. The van der Waals surface area contributed by atoms with Crippen molar-refractivity contribution in [3.05, 3.63) is 35.6 Å². The number of amides is 2. The molecule has 1 heterocycles. The van der Waals surface area contributed by atoms with Gasteiger partial charge >= 0.3 is 0 Å². The molecule has 2 amide bonds. The van der Waals surface area contributed by atoms with Gasteiger partial charge in [0.15, 0.2) is 0 Å². The molecule has 1 aromatic carbocycles. The number of nitrogens with one attached hydrogen (secondary N) is 3. The van der Waals surface area contributed by atoms with E-state index in [-0.39, 0.29) is 30.0 Å². The maximum atomic E-state index is 12.8. The molecular formula is C17H25ClFN3O3. The molecule has 140 valence electrons. The second-order valence-electron chi connectivity index (χ2n) is 5.82. The van der Waals surface area contributed by atoms with E-state index < -0.39 is 5.60 Å². The molecule has 1 aliphatic rings. The topological polar surface area (TPSA) is 79.5 Å². The molecule has 1 aromatic rings. The van der Waals surface area contributed by atoms with Gasteiger partial charge in [-0.3, -0.25) is 9.59 Å². The first-order chi connectivity index (χ1) is 11.6. The van der Waals surface area contributed by atoms with Crippen molar-refractivity contribution >= 4 is 24.2 Å². The third-order valence-electron chi connectivity index (χ3n) is 4.25. The van der Waals surface area contributed by atoms with Crippen LogP contribution in [0.2, 0.25) is 0 Å². The fraction of sp³-hybridized carbons (Fsp3) is 0.529. The summed E-state index contributed by atoms with van der Waals surface area (Å²) in [7, 11) is 1.56. The Kier molecular flexibility index (Phi) is 8.82. The minimum atomic E-state index is -0.747. The number of carbonyl (C=O) groups is 2. The number of methoxy groups -OCH3 is 1. The fourth-order valence-corrected chi connectivity index (χ4v) is 2.71. The van der Waals surface area contributed by atoms with E-state index in [0.29, 0.717) is 37.9 Å². The zero-order valence-corrected chi connectivity index (χ0v) is 15.1. The molecule has 1 aliphatic heterocycles. The zero-order chi connectivity index (χ0) is 17.4. The molecule has 0 aromatic heterocycles. The van der Waals surface area contributed by atoms with E-state index >= 15 is 0 Å². The van der Waals surface area contributed by atoms with Gasteiger partial charge in [-0.25, -0.2) is 4.39 Å². The molecule has 0 atom stereocenters. The zero-order valence-electron chi connectivity index (χ0n) is 14.3. The van der Waals surface area contributed by atoms with Crippen molar-refractivity contribution in [3.63, 3.8) is 0 Å². The second-order valence-corrected chi connectivity index (χ2v) is 5.82. The van der Waals surface area contributed by atoms with Gasteiger partial charge < -0.3 is 20.7 Å². The van der Waals surface area contributed by atoms with Crippen LogP contribution in [0.5, 0.6) is 0 Å². The lowest BCUT2D eigenvalue weighted by molar-refractivity contribution is -0.146. The number of benzene rings is 1. The van der Waals surface area contributed by atoms with Crippen LogP contribution in [0.4, 0.5) is 4.39 Å². The fourth-order valence-electron chi connectivity index (χ4n) is 2.71. The number of hydrogen-bond acceptors (Lipinski definition) is 4. The van der Waals surface area contributed by atoms with Crippen molar-refractivity contribution in [3.8, 4) is 0 Å². The molecule has 8 heteroatoms. The average molecular weight is 374 g/mol. The number of ether oxygens (including phenoxy) is 1. The van der Waals surface area contributed by atoms with Crippen LogP contribution >= 0.6 is 12.4 Å². The highest BCUT2D eigenvalue weighted by Crippen LogP contribution is 2.22. The summed E-state index contributed by atoms with van der Waals surface area (Å²) >= 11 is 0. The van der Waals surface area contributed by atoms with Crippen molar-refractivity contribution in [1.29, 1.82) is 0 Å². The first-order valence-electron chi connectivity index (χ1n) is 8.15. The Hall–Kier alpha value is -1.70. The van der Waals surface area contributed by atoms with Crippen LogP contribution in [0.1, 0.15) is 29.6 Å². The summed E-state index contributed by atoms with van der Waals surface area (Å²) in [4.78, 5) is 24.2. The highest BCUT2D eigenvalue weighted by Gasteiger charge is 2.39. The van der Waals surface area contributed by atoms with Crippen LogP contribution in [0.15, 0.2) is 24.3 Å². The molecule has 1 fully saturated rings. The maximum absolute atomic E-state index is 12.8. The molecule has 0 unspecified atom stereocenters. The van der Waals surface area contributed by atoms with Crippen molar-refractivity contribution in [2.45, 2.75) is 24.9 Å². The van der Waals surface area contributed by atoms with E-state index in [0.717, 1.165) is 13.1 Å². The van der Waals surface area contributed by atoms with Crippen molar-refractivity contribution in [2.24, 2.45) is 0 Å². The Morgan fingerprint density at radius 2 is 1.76 bits per heavy atom. The first-order valence-corrected chi connectivity index (χ1v) is 8.15. The van der Waals surface area contributed by atoms with E-state index in [1.807, 2.05) is 0 Å². The lowest BCUT2D eigenvalue weighted by Gasteiger charge is -2.34. The standard InChI is InChI=1S/C17H24FN3O3.ClH/c1-24-17(7-11-19-12-8-17)16(23)21-10-2-9-20-15(22)13-3-5-14(18)6-4-13;/h3-6,19H,2,7-12H2,1H3,(H,20,22)(H,21,23);1H. The first kappa shape index (κ1) is 21.3. The SMILES string of the molecule is COC1(C(=O)NCCCNC(=O)c2ccc(F)cc2)CCNCC1.Cl. The van der Waals surface area contributed by atoms with Gasteiger partial charge in [-0.1, -0.05) is 0 Å². The smallest absolute Gasteiger partial charge is 0.252 e. The van der Waals surface area contributed by atoms with Crippen LogP contribution in [-0.4, -0.2) is 50.7 Å². The molecule has 25 heavy (non-hydrogen) atoms. The van der Waals surface area contributed by atoms with E-state index in [9.17, 15) is 14.0 Å². The molecule has 0 radical (unpaired) electrons. The van der Waals surface area contributed by atoms with Crippen molar-refractivity contribution in [2.75, 3.05) is 33.3 Å². The predicted octanol–water partition coefficient (Wildman–Crippen LogP) is 1.25. The highest BCUT2D eigenvalue weighted by atomic mass is 35.5. The number of halogens is 2. The lowest BCUT2D eigenvalue weighted by Crippen LogP contribution is -2.54. The molecule has 0 aliphatic carbocycles. The van der Waals surface area contributed by atoms with Crippen molar-refractivity contribution in [1.82, 2.24) is 16.0 Å². The summed E-state index contributed by atoms with van der Waals surface area (Å²) in [5.74, 6) is -0.733. The Morgan fingerprint density at radius 1 is 1.16 bits per heavy atom. The molecule has 0 spiro atoms. The van der Waals surface area contributed by atoms with Crippen molar-refractivity contribution < 1.29 is 18.7 Å². The maximum Gasteiger partial charge on any atom is 0.252 e. The van der Waals surface area contributed by atoms with Crippen LogP contribution in [0, 0.1) is 5.82 Å². The monoisotopic (exact) mass is 373 g/mol. The van der Waals surface area contributed by atoms with Gasteiger partial charge in [0.2, 0.25) is 0 Å². The summed E-state index contributed by atoms with van der Waals surface area (Å²) in [5.41, 5.74) is -0.337. The molecule has 1 saturated heterocycles. The largest absolute Gasteiger partial charge is 0.368 e. The van der Waals surface area contributed by atoms with E-state index in [4.69, 9.17) is 4.74 Å². The molecule has 6 nitrogen and oxygen atoms in total. The van der Waals surface area contributed by atoms with Crippen LogP contribution in [-0.2, 0) is 9.53 Å². The van der Waals surface area contributed by atoms with Crippen LogP contribution in [0.3, 0.4) is 0 Å². The minimum Gasteiger partial charge on any atom is -0.368 e. The Bertz CT molecular complexity index is 563. The molecule has 0 bridgehead atoms. The summed E-state index contributed by atoms with van der Waals surface area (Å²) < 4.78 is 18.3. The Balaban J connectivity index is 0.00000312. The Morgan fingerprint density at radius 3 is 2.36 bits per heavy atom. The van der Waals surface area contributed by atoms with Crippen LogP contribution in [0.25, 0.3) is 0 Å². The predicted molar refractivity (Wildman–Crippen MR) is 95.5 cm³/mol. The highest BCUT2D eigenvalue weighted by molar-refractivity contribution is 5.94. The summed E-state index contributed by atoms with van der Waals surface area (Å²) in [5, 5.41) is 8.82. The normalized spacial score (nSPS) is 15.8. The third-order valence-corrected chi connectivity index (χ3v) is 4.25. The lowest BCUT2D eigenvalue weighted by atomic mass is 9.91. The van der Waals surface area contributed by atoms with E-state index in [1.54, 1.807) is 7.11 Å². The van der Waals surface area contributed by atoms with Gasteiger partial charge in [-0.05, 0) is 56.6 Å². The van der Waals surface area contributed by atoms with Gasteiger partial charge in [0, 0.05) is 25.8 Å². The number of piperidine rings is 1. The van der Waals surface area contributed by atoms with Gasteiger partial charge in [0.05, 0.1) is 0 Å². The van der Waals surface area contributed by atoms with Gasteiger partial charge in [-0.15, -0.1) is 12.4 Å². The van der Waals surface area contributed by atoms with Gasteiger partial charge in [0.1, 0.15) is 11.4 Å².